The van der Waals surface area contributed by atoms with Crippen molar-refractivity contribution in [1.82, 2.24) is 24.7 Å². The maximum absolute atomic E-state index is 12.3. The van der Waals surface area contributed by atoms with E-state index in [1.807, 2.05) is 4.90 Å². The molecule has 11 heteroatoms. The fourth-order valence-corrected chi connectivity index (χ4v) is 2.70. The van der Waals surface area contributed by atoms with Gasteiger partial charge in [-0.2, -0.15) is 5.10 Å². The number of benzene rings is 1. The van der Waals surface area contributed by atoms with Crippen molar-refractivity contribution in [1.29, 1.82) is 0 Å². The van der Waals surface area contributed by atoms with E-state index >= 15 is 0 Å². The Hall–Kier alpha value is -3.89. The molecule has 136 valence electrons. The summed E-state index contributed by atoms with van der Waals surface area (Å²) in [4.78, 5) is 36.7. The van der Waals surface area contributed by atoms with Crippen LogP contribution in [-0.4, -0.2) is 48.7 Å². The molecule has 4 rings (SSSR count). The maximum atomic E-state index is 12.3. The predicted molar refractivity (Wildman–Crippen MR) is 94.4 cm³/mol. The highest BCUT2D eigenvalue weighted by Crippen LogP contribution is 2.25. The van der Waals surface area contributed by atoms with Crippen molar-refractivity contribution in [3.05, 3.63) is 59.4 Å². The molecule has 0 aliphatic carbocycles. The molecule has 3 aromatic rings. The number of carbonyl (C=O) groups excluding carboxylic acids is 1. The van der Waals surface area contributed by atoms with E-state index in [1.165, 1.54) is 41.6 Å². The standard InChI is InChI=1S/C16H14N8O3/c25-16(21-12-1-3-13(4-2-12)24(26)27)11-6-22(7-11)14-5-15(19-9-18-14)23-10-17-8-20-23/h1-5,8-11H,6-7H2,(H,21,25). The van der Waals surface area contributed by atoms with Crippen LogP contribution in [0.3, 0.4) is 0 Å². The number of nitro groups is 1. The third-order valence-corrected chi connectivity index (χ3v) is 4.21. The zero-order valence-electron chi connectivity index (χ0n) is 14.0. The summed E-state index contributed by atoms with van der Waals surface area (Å²) in [5.74, 6) is 0.974. The van der Waals surface area contributed by atoms with Crippen LogP contribution in [0.1, 0.15) is 0 Å². The lowest BCUT2D eigenvalue weighted by Gasteiger charge is -2.39. The van der Waals surface area contributed by atoms with Gasteiger partial charge in [-0.15, -0.1) is 0 Å². The Bertz CT molecular complexity index is 968. The van der Waals surface area contributed by atoms with E-state index in [0.717, 1.165) is 0 Å². The van der Waals surface area contributed by atoms with Crippen LogP contribution >= 0.6 is 0 Å². The van der Waals surface area contributed by atoms with E-state index in [9.17, 15) is 14.9 Å². The van der Waals surface area contributed by atoms with Crippen LogP contribution in [0.4, 0.5) is 17.2 Å². The number of nitrogens with one attached hydrogen (secondary N) is 1. The first kappa shape index (κ1) is 16.6. The van der Waals surface area contributed by atoms with Gasteiger partial charge in [-0.25, -0.2) is 19.6 Å². The summed E-state index contributed by atoms with van der Waals surface area (Å²) in [5.41, 5.74) is 0.509. The number of amides is 1. The summed E-state index contributed by atoms with van der Waals surface area (Å²) >= 11 is 0. The highest BCUT2D eigenvalue weighted by Gasteiger charge is 2.33. The Balaban J connectivity index is 1.36. The van der Waals surface area contributed by atoms with Crippen molar-refractivity contribution < 1.29 is 9.72 Å². The van der Waals surface area contributed by atoms with E-state index in [-0.39, 0.29) is 17.5 Å². The molecule has 2 aromatic heterocycles. The number of nitrogens with zero attached hydrogens (tertiary/aromatic N) is 7. The highest BCUT2D eigenvalue weighted by atomic mass is 16.6. The Morgan fingerprint density at radius 1 is 1.15 bits per heavy atom. The quantitative estimate of drug-likeness (QED) is 0.523. The van der Waals surface area contributed by atoms with Gasteiger partial charge in [-0.1, -0.05) is 0 Å². The fourth-order valence-electron chi connectivity index (χ4n) is 2.70. The summed E-state index contributed by atoms with van der Waals surface area (Å²) in [5, 5.41) is 17.5. The van der Waals surface area contributed by atoms with E-state index in [4.69, 9.17) is 0 Å². The number of aromatic nitrogens is 5. The van der Waals surface area contributed by atoms with Gasteiger partial charge in [0.05, 0.1) is 10.8 Å². The van der Waals surface area contributed by atoms with Crippen LogP contribution in [0.25, 0.3) is 5.82 Å². The molecule has 1 amide bonds. The predicted octanol–water partition coefficient (Wildman–Crippen LogP) is 1.04. The molecular weight excluding hydrogens is 352 g/mol. The van der Waals surface area contributed by atoms with Gasteiger partial charge < -0.3 is 10.2 Å². The van der Waals surface area contributed by atoms with Gasteiger partial charge in [0.2, 0.25) is 5.91 Å². The molecule has 0 unspecified atom stereocenters. The monoisotopic (exact) mass is 366 g/mol. The SMILES string of the molecule is O=C(Nc1ccc([N+](=O)[O-])cc1)C1CN(c2cc(-n3cncn3)ncn2)C1. The van der Waals surface area contributed by atoms with Crippen molar-refractivity contribution in [2.75, 3.05) is 23.3 Å². The Morgan fingerprint density at radius 3 is 2.56 bits per heavy atom. The Morgan fingerprint density at radius 2 is 1.89 bits per heavy atom. The molecule has 0 radical (unpaired) electrons. The van der Waals surface area contributed by atoms with E-state index in [2.05, 4.69) is 25.4 Å². The third-order valence-electron chi connectivity index (χ3n) is 4.21. The molecule has 1 aliphatic rings. The fraction of sp³-hybridized carbons (Fsp3) is 0.188. The number of hydrogen-bond acceptors (Lipinski definition) is 8. The molecule has 11 nitrogen and oxygen atoms in total. The van der Waals surface area contributed by atoms with Gasteiger partial charge in [0.25, 0.3) is 5.69 Å². The molecule has 1 aliphatic heterocycles. The second-order valence-corrected chi connectivity index (χ2v) is 5.97. The van der Waals surface area contributed by atoms with Gasteiger partial charge in [-0.05, 0) is 12.1 Å². The Labute approximate surface area is 152 Å². The molecule has 0 saturated carbocycles. The van der Waals surface area contributed by atoms with Crippen LogP contribution in [0, 0.1) is 16.0 Å². The van der Waals surface area contributed by atoms with Gasteiger partial charge >= 0.3 is 0 Å². The lowest BCUT2D eigenvalue weighted by molar-refractivity contribution is -0.384. The van der Waals surface area contributed by atoms with Crippen LogP contribution < -0.4 is 10.2 Å². The molecule has 3 heterocycles. The normalized spacial score (nSPS) is 13.9. The third kappa shape index (κ3) is 3.42. The van der Waals surface area contributed by atoms with Crippen LogP contribution in [0.15, 0.2) is 49.3 Å². The maximum Gasteiger partial charge on any atom is 0.269 e. The van der Waals surface area contributed by atoms with E-state index < -0.39 is 4.92 Å². The number of non-ortho nitro benzene ring substituents is 1. The van der Waals surface area contributed by atoms with Crippen molar-refractivity contribution >= 4 is 23.1 Å². The zero-order valence-corrected chi connectivity index (χ0v) is 14.0. The lowest BCUT2D eigenvalue weighted by Crippen LogP contribution is -2.52. The smallest absolute Gasteiger partial charge is 0.269 e. The first-order chi connectivity index (χ1) is 13.1. The molecule has 0 bridgehead atoms. The molecular formula is C16H14N8O3. The van der Waals surface area contributed by atoms with E-state index in [0.29, 0.717) is 30.4 Å². The summed E-state index contributed by atoms with van der Waals surface area (Å²) in [6.45, 7) is 1.04. The highest BCUT2D eigenvalue weighted by molar-refractivity contribution is 5.94. The second kappa shape index (κ2) is 6.78. The average Bonchev–Trinajstić information content (AvgIpc) is 3.16. The van der Waals surface area contributed by atoms with Crippen molar-refractivity contribution in [2.45, 2.75) is 0 Å². The Kier molecular flexibility index (Phi) is 4.16. The van der Waals surface area contributed by atoms with Crippen LogP contribution in [0.5, 0.6) is 0 Å². The van der Waals surface area contributed by atoms with Crippen LogP contribution in [0.2, 0.25) is 0 Å². The number of rotatable bonds is 5. The number of carbonyl (C=O) groups is 1. The second-order valence-electron chi connectivity index (χ2n) is 5.97. The molecule has 0 spiro atoms. The summed E-state index contributed by atoms with van der Waals surface area (Å²) in [6, 6.07) is 7.52. The molecule has 1 aromatic carbocycles. The van der Waals surface area contributed by atoms with Gasteiger partial charge in [0.15, 0.2) is 5.82 Å². The molecule has 0 atom stereocenters. The minimum Gasteiger partial charge on any atom is -0.355 e. The minimum absolute atomic E-state index is 0.0187. The van der Waals surface area contributed by atoms with Crippen molar-refractivity contribution in [3.63, 3.8) is 0 Å². The van der Waals surface area contributed by atoms with Crippen molar-refractivity contribution in [2.24, 2.45) is 5.92 Å². The molecule has 1 fully saturated rings. The lowest BCUT2D eigenvalue weighted by atomic mass is 9.99. The minimum atomic E-state index is -0.481. The summed E-state index contributed by atoms with van der Waals surface area (Å²) in [7, 11) is 0. The van der Waals surface area contributed by atoms with Gasteiger partial charge in [0.1, 0.15) is 24.8 Å². The average molecular weight is 366 g/mol. The van der Waals surface area contributed by atoms with Crippen molar-refractivity contribution in [3.8, 4) is 5.82 Å². The van der Waals surface area contributed by atoms with Crippen LogP contribution in [-0.2, 0) is 4.79 Å². The largest absolute Gasteiger partial charge is 0.355 e. The first-order valence-electron chi connectivity index (χ1n) is 8.07. The molecule has 27 heavy (non-hydrogen) atoms. The topological polar surface area (TPSA) is 132 Å². The number of hydrogen-bond donors (Lipinski definition) is 1. The summed E-state index contributed by atoms with van der Waals surface area (Å²) in [6.07, 6.45) is 4.41. The number of nitro benzene ring substituents is 1. The first-order valence-corrected chi connectivity index (χ1v) is 8.07. The number of anilines is 2. The van der Waals surface area contributed by atoms with Gasteiger partial charge in [-0.3, -0.25) is 14.9 Å². The van der Waals surface area contributed by atoms with E-state index in [1.54, 1.807) is 12.4 Å². The summed E-state index contributed by atoms with van der Waals surface area (Å²) < 4.78 is 1.53. The molecule has 1 saturated heterocycles. The van der Waals surface area contributed by atoms with Gasteiger partial charge in [0, 0.05) is 37.0 Å². The molecule has 1 N–H and O–H groups in total. The zero-order chi connectivity index (χ0) is 18.8.